The molecule has 0 aromatic heterocycles. The van der Waals surface area contributed by atoms with E-state index in [-0.39, 0.29) is 6.54 Å². The predicted octanol–water partition coefficient (Wildman–Crippen LogP) is 0.750. The van der Waals surface area contributed by atoms with Gasteiger partial charge in [-0.2, -0.15) is 0 Å². The summed E-state index contributed by atoms with van der Waals surface area (Å²) in [6, 6.07) is 0. The highest BCUT2D eigenvalue weighted by molar-refractivity contribution is 5.69. The zero-order valence-corrected chi connectivity index (χ0v) is 5.92. The Balaban J connectivity index is 3.36. The Morgan fingerprint density at radius 1 is 1.80 bits per heavy atom. The standard InChI is InChI=1S/C7H11NO2/c1-6(2)3-4-8-5-7(9)10/h3-4,8H,1,5H2,2H3,(H,9,10). The molecular formula is C7H11NO2. The first-order chi connectivity index (χ1) is 4.63. The van der Waals surface area contributed by atoms with Gasteiger partial charge < -0.3 is 10.4 Å². The smallest absolute Gasteiger partial charge is 0.322 e. The number of rotatable bonds is 4. The summed E-state index contributed by atoms with van der Waals surface area (Å²) in [4.78, 5) is 9.93. The summed E-state index contributed by atoms with van der Waals surface area (Å²) in [5.41, 5.74) is 0.887. The first-order valence-electron chi connectivity index (χ1n) is 2.90. The number of aliphatic carboxylic acids is 1. The van der Waals surface area contributed by atoms with Crippen molar-refractivity contribution in [2.75, 3.05) is 6.54 Å². The molecule has 0 radical (unpaired) electrons. The Kier molecular flexibility index (Phi) is 4.04. The van der Waals surface area contributed by atoms with Crippen molar-refractivity contribution in [3.8, 4) is 0 Å². The number of allylic oxidation sites excluding steroid dienone is 2. The van der Waals surface area contributed by atoms with E-state index in [2.05, 4.69) is 11.9 Å². The third-order valence-electron chi connectivity index (χ3n) is 0.739. The minimum absolute atomic E-state index is 0.0518. The van der Waals surface area contributed by atoms with Crippen molar-refractivity contribution in [3.63, 3.8) is 0 Å². The monoisotopic (exact) mass is 141 g/mol. The molecule has 0 saturated heterocycles. The molecule has 0 unspecified atom stereocenters. The van der Waals surface area contributed by atoms with Crippen molar-refractivity contribution in [3.05, 3.63) is 24.4 Å². The second-order valence-electron chi connectivity index (χ2n) is 1.95. The van der Waals surface area contributed by atoms with Crippen LogP contribution in [0, 0.1) is 0 Å². The predicted molar refractivity (Wildman–Crippen MR) is 39.6 cm³/mol. The van der Waals surface area contributed by atoms with E-state index < -0.39 is 5.97 Å². The Bertz CT molecular complexity index is 161. The highest BCUT2D eigenvalue weighted by Crippen LogP contribution is 1.85. The van der Waals surface area contributed by atoms with Gasteiger partial charge >= 0.3 is 5.97 Å². The highest BCUT2D eigenvalue weighted by atomic mass is 16.4. The van der Waals surface area contributed by atoms with Crippen LogP contribution >= 0.6 is 0 Å². The Labute approximate surface area is 60.1 Å². The number of nitrogens with one attached hydrogen (secondary N) is 1. The molecule has 0 rings (SSSR count). The minimum atomic E-state index is -0.869. The first-order valence-corrected chi connectivity index (χ1v) is 2.90. The molecule has 0 bridgehead atoms. The van der Waals surface area contributed by atoms with Gasteiger partial charge in [0.1, 0.15) is 6.54 Å². The molecule has 0 aliphatic rings. The highest BCUT2D eigenvalue weighted by Gasteiger charge is 1.88. The SMILES string of the molecule is C=C(C)C=CNCC(=O)O. The van der Waals surface area contributed by atoms with Gasteiger partial charge in [0.05, 0.1) is 0 Å². The van der Waals surface area contributed by atoms with E-state index in [1.165, 1.54) is 0 Å². The number of hydrogen-bond donors (Lipinski definition) is 2. The van der Waals surface area contributed by atoms with Gasteiger partial charge in [0, 0.05) is 0 Å². The summed E-state index contributed by atoms with van der Waals surface area (Å²) in [5.74, 6) is -0.869. The molecule has 0 aromatic rings. The van der Waals surface area contributed by atoms with Gasteiger partial charge in [0.15, 0.2) is 0 Å². The Morgan fingerprint density at radius 3 is 2.80 bits per heavy atom. The van der Waals surface area contributed by atoms with Gasteiger partial charge in [0.2, 0.25) is 0 Å². The van der Waals surface area contributed by atoms with Crippen LogP contribution in [0.1, 0.15) is 6.92 Å². The largest absolute Gasteiger partial charge is 0.480 e. The Morgan fingerprint density at radius 2 is 2.40 bits per heavy atom. The number of hydrogen-bond acceptors (Lipinski definition) is 2. The fraction of sp³-hybridized carbons (Fsp3) is 0.286. The summed E-state index contributed by atoms with van der Waals surface area (Å²) in [7, 11) is 0. The van der Waals surface area contributed by atoms with Crippen LogP contribution in [0.25, 0.3) is 0 Å². The number of carboxylic acids is 1. The van der Waals surface area contributed by atoms with Gasteiger partial charge in [0.25, 0.3) is 0 Å². The van der Waals surface area contributed by atoms with Gasteiger partial charge in [-0.1, -0.05) is 12.2 Å². The van der Waals surface area contributed by atoms with Crippen molar-refractivity contribution in [1.82, 2.24) is 5.32 Å². The second kappa shape index (κ2) is 4.61. The van der Waals surface area contributed by atoms with E-state index in [1.807, 2.05) is 6.92 Å². The van der Waals surface area contributed by atoms with Crippen molar-refractivity contribution >= 4 is 5.97 Å². The topological polar surface area (TPSA) is 49.3 Å². The van der Waals surface area contributed by atoms with Gasteiger partial charge in [-0.25, -0.2) is 0 Å². The van der Waals surface area contributed by atoms with Crippen molar-refractivity contribution in [2.24, 2.45) is 0 Å². The summed E-state index contributed by atoms with van der Waals surface area (Å²) in [6.45, 7) is 5.38. The molecule has 10 heavy (non-hydrogen) atoms. The molecule has 0 saturated carbocycles. The minimum Gasteiger partial charge on any atom is -0.480 e. The zero-order valence-electron chi connectivity index (χ0n) is 5.92. The van der Waals surface area contributed by atoms with Gasteiger partial charge in [-0.15, -0.1) is 0 Å². The third-order valence-corrected chi connectivity index (χ3v) is 0.739. The molecule has 0 aliphatic heterocycles. The average Bonchev–Trinajstić information content (AvgIpc) is 1.79. The number of carbonyl (C=O) groups is 1. The van der Waals surface area contributed by atoms with E-state index in [1.54, 1.807) is 12.3 Å². The van der Waals surface area contributed by atoms with Crippen LogP contribution in [-0.2, 0) is 4.79 Å². The lowest BCUT2D eigenvalue weighted by Gasteiger charge is -1.92. The van der Waals surface area contributed by atoms with Crippen LogP contribution in [0.15, 0.2) is 24.4 Å². The van der Waals surface area contributed by atoms with E-state index in [9.17, 15) is 4.79 Å². The first kappa shape index (κ1) is 8.75. The molecule has 3 heteroatoms. The van der Waals surface area contributed by atoms with Crippen LogP contribution in [0.4, 0.5) is 0 Å². The van der Waals surface area contributed by atoms with E-state index in [4.69, 9.17) is 5.11 Å². The number of carboxylic acid groups (broad SMARTS) is 1. The molecule has 0 aromatic carbocycles. The molecule has 0 spiro atoms. The Hall–Kier alpha value is -1.25. The molecule has 0 fully saturated rings. The lowest BCUT2D eigenvalue weighted by atomic mass is 10.3. The quantitative estimate of drug-likeness (QED) is 0.568. The van der Waals surface area contributed by atoms with Crippen molar-refractivity contribution in [2.45, 2.75) is 6.92 Å². The molecule has 0 atom stereocenters. The fourth-order valence-corrected chi connectivity index (χ4v) is 0.347. The summed E-state index contributed by atoms with van der Waals surface area (Å²) < 4.78 is 0. The second-order valence-corrected chi connectivity index (χ2v) is 1.95. The molecule has 0 aliphatic carbocycles. The van der Waals surface area contributed by atoms with E-state index in [0.29, 0.717) is 0 Å². The maximum absolute atomic E-state index is 9.93. The van der Waals surface area contributed by atoms with Gasteiger partial charge in [-0.05, 0) is 19.2 Å². The van der Waals surface area contributed by atoms with Crippen LogP contribution in [0.2, 0.25) is 0 Å². The third kappa shape index (κ3) is 6.75. The van der Waals surface area contributed by atoms with E-state index in [0.717, 1.165) is 5.57 Å². The molecule has 2 N–H and O–H groups in total. The molecule has 0 amide bonds. The molecule has 0 heterocycles. The van der Waals surface area contributed by atoms with Crippen LogP contribution in [-0.4, -0.2) is 17.6 Å². The van der Waals surface area contributed by atoms with Gasteiger partial charge in [-0.3, -0.25) is 4.79 Å². The summed E-state index contributed by atoms with van der Waals surface area (Å²) >= 11 is 0. The fourth-order valence-electron chi connectivity index (χ4n) is 0.347. The van der Waals surface area contributed by atoms with Crippen LogP contribution in [0.5, 0.6) is 0 Å². The molecule has 56 valence electrons. The molecular weight excluding hydrogens is 130 g/mol. The zero-order chi connectivity index (χ0) is 7.98. The van der Waals surface area contributed by atoms with Crippen LogP contribution < -0.4 is 5.32 Å². The summed E-state index contributed by atoms with van der Waals surface area (Å²) in [5, 5.41) is 10.7. The lowest BCUT2D eigenvalue weighted by Crippen LogP contribution is -2.16. The maximum atomic E-state index is 9.93. The average molecular weight is 141 g/mol. The van der Waals surface area contributed by atoms with Crippen molar-refractivity contribution < 1.29 is 9.90 Å². The molecule has 3 nitrogen and oxygen atoms in total. The van der Waals surface area contributed by atoms with Crippen molar-refractivity contribution in [1.29, 1.82) is 0 Å². The maximum Gasteiger partial charge on any atom is 0.322 e. The summed E-state index contributed by atoms with van der Waals surface area (Å²) in [6.07, 6.45) is 3.28. The van der Waals surface area contributed by atoms with Crippen LogP contribution in [0.3, 0.4) is 0 Å². The normalized spacial score (nSPS) is 9.70. The lowest BCUT2D eigenvalue weighted by molar-refractivity contribution is -0.135. The van der Waals surface area contributed by atoms with E-state index >= 15 is 0 Å².